The first-order chi connectivity index (χ1) is 15.0. The fraction of sp³-hybridized carbons (Fsp3) is 0.227. The van der Waals surface area contributed by atoms with Crippen LogP contribution in [0, 0.1) is 0 Å². The van der Waals surface area contributed by atoms with Crippen LogP contribution >= 0.6 is 0 Å². The number of aryl methyl sites for hydroxylation is 1. The van der Waals surface area contributed by atoms with E-state index < -0.39 is 17.4 Å². The molecule has 31 heavy (non-hydrogen) atoms. The van der Waals surface area contributed by atoms with Gasteiger partial charge in [0.25, 0.3) is 5.56 Å². The zero-order valence-electron chi connectivity index (χ0n) is 17.0. The smallest absolute Gasteiger partial charge is 0.329 e. The highest BCUT2D eigenvalue weighted by Gasteiger charge is 2.20. The minimum absolute atomic E-state index is 0.0332. The number of benzene rings is 2. The van der Waals surface area contributed by atoms with Crippen molar-refractivity contribution in [3.05, 3.63) is 87.1 Å². The fourth-order valence-corrected chi connectivity index (χ4v) is 3.30. The molecular formula is C22H23N5O4. The minimum Gasteiger partial charge on any atom is -0.491 e. The lowest BCUT2D eigenvalue weighted by atomic mass is 10.2. The van der Waals surface area contributed by atoms with E-state index in [4.69, 9.17) is 4.74 Å². The van der Waals surface area contributed by atoms with Crippen LogP contribution in [0.25, 0.3) is 11.2 Å². The van der Waals surface area contributed by atoms with Crippen molar-refractivity contribution < 1.29 is 9.84 Å². The Balaban J connectivity index is 1.63. The first-order valence-electron chi connectivity index (χ1n) is 9.86. The van der Waals surface area contributed by atoms with Crippen LogP contribution < -0.4 is 21.3 Å². The number of nitrogens with one attached hydrogen (secondary N) is 2. The van der Waals surface area contributed by atoms with Crippen molar-refractivity contribution in [2.24, 2.45) is 7.05 Å². The van der Waals surface area contributed by atoms with Gasteiger partial charge in [-0.25, -0.2) is 4.79 Å². The number of aliphatic hydroxyl groups excluding tert-OH is 1. The van der Waals surface area contributed by atoms with Gasteiger partial charge in [-0.3, -0.25) is 14.3 Å². The maximum atomic E-state index is 12.6. The third kappa shape index (κ3) is 4.51. The lowest BCUT2D eigenvalue weighted by Gasteiger charge is -2.16. The number of imidazole rings is 1. The number of rotatable bonds is 8. The van der Waals surface area contributed by atoms with E-state index in [0.29, 0.717) is 18.2 Å². The van der Waals surface area contributed by atoms with Crippen LogP contribution in [0.4, 0.5) is 5.95 Å². The quantitative estimate of drug-likeness (QED) is 0.397. The van der Waals surface area contributed by atoms with E-state index in [1.54, 1.807) is 16.7 Å². The van der Waals surface area contributed by atoms with Crippen LogP contribution in [-0.2, 0) is 20.1 Å². The highest BCUT2D eigenvalue weighted by Crippen LogP contribution is 2.17. The molecule has 2 aromatic heterocycles. The van der Waals surface area contributed by atoms with Crippen molar-refractivity contribution in [2.75, 3.05) is 11.9 Å². The lowest BCUT2D eigenvalue weighted by molar-refractivity contribution is 0.0938. The molecule has 2 heterocycles. The Labute approximate surface area is 177 Å². The van der Waals surface area contributed by atoms with Gasteiger partial charge in [0.1, 0.15) is 18.5 Å². The average Bonchev–Trinajstić information content (AvgIpc) is 3.15. The van der Waals surface area contributed by atoms with Crippen molar-refractivity contribution in [1.29, 1.82) is 0 Å². The van der Waals surface area contributed by atoms with Gasteiger partial charge in [-0.05, 0) is 17.7 Å². The molecule has 0 saturated carbocycles. The van der Waals surface area contributed by atoms with Crippen LogP contribution in [0.15, 0.2) is 70.3 Å². The van der Waals surface area contributed by atoms with E-state index >= 15 is 0 Å². The summed E-state index contributed by atoms with van der Waals surface area (Å²) in [6.45, 7) is 0.555. The van der Waals surface area contributed by atoms with E-state index in [9.17, 15) is 14.7 Å². The standard InChI is InChI=1S/C22H23N5O4/c1-26-19-18(20(29)25-22(26)30)27(13-16(28)14-31-17-10-6-3-7-11-17)21(24-19)23-12-15-8-4-2-5-9-15/h2-11,16,28H,12-14H2,1H3,(H,23,24)(H,25,29,30)/t16-/m0/s1. The largest absolute Gasteiger partial charge is 0.491 e. The molecule has 1 atom stereocenters. The topological polar surface area (TPSA) is 114 Å². The summed E-state index contributed by atoms with van der Waals surface area (Å²) < 4.78 is 8.48. The minimum atomic E-state index is -0.911. The number of nitrogens with zero attached hydrogens (tertiary/aromatic N) is 3. The first-order valence-corrected chi connectivity index (χ1v) is 9.86. The molecular weight excluding hydrogens is 398 g/mol. The Hall–Kier alpha value is -3.85. The highest BCUT2D eigenvalue weighted by atomic mass is 16.5. The van der Waals surface area contributed by atoms with Gasteiger partial charge in [-0.1, -0.05) is 48.5 Å². The number of H-pyrrole nitrogens is 1. The molecule has 0 fully saturated rings. The second kappa shape index (κ2) is 8.88. The second-order valence-electron chi connectivity index (χ2n) is 7.15. The van der Waals surface area contributed by atoms with Crippen LogP contribution in [0.3, 0.4) is 0 Å². The summed E-state index contributed by atoms with van der Waals surface area (Å²) in [4.78, 5) is 31.3. The normalized spacial score (nSPS) is 12.1. The van der Waals surface area contributed by atoms with Gasteiger partial charge in [-0.15, -0.1) is 0 Å². The van der Waals surface area contributed by atoms with Crippen molar-refractivity contribution >= 4 is 17.1 Å². The summed E-state index contributed by atoms with van der Waals surface area (Å²) >= 11 is 0. The fourth-order valence-electron chi connectivity index (χ4n) is 3.30. The number of aromatic nitrogens is 4. The third-order valence-corrected chi connectivity index (χ3v) is 4.88. The highest BCUT2D eigenvalue weighted by molar-refractivity contribution is 5.74. The predicted molar refractivity (Wildman–Crippen MR) is 117 cm³/mol. The van der Waals surface area contributed by atoms with Crippen LogP contribution in [0.2, 0.25) is 0 Å². The van der Waals surface area contributed by atoms with Gasteiger partial charge in [0.15, 0.2) is 11.2 Å². The van der Waals surface area contributed by atoms with Gasteiger partial charge < -0.3 is 19.7 Å². The maximum absolute atomic E-state index is 12.6. The van der Waals surface area contributed by atoms with Crippen molar-refractivity contribution in [2.45, 2.75) is 19.2 Å². The molecule has 0 radical (unpaired) electrons. The summed E-state index contributed by atoms with van der Waals surface area (Å²) in [6, 6.07) is 18.9. The summed E-state index contributed by atoms with van der Waals surface area (Å²) in [5.41, 5.74) is 0.355. The number of anilines is 1. The Morgan fingerprint density at radius 2 is 1.77 bits per heavy atom. The average molecular weight is 421 g/mol. The molecule has 9 heteroatoms. The van der Waals surface area contributed by atoms with Crippen LogP contribution in [0.1, 0.15) is 5.56 Å². The molecule has 0 amide bonds. The SMILES string of the molecule is Cn1c(=O)[nH]c(=O)c2c1nc(NCc1ccccc1)n2C[C@H](O)COc1ccccc1. The maximum Gasteiger partial charge on any atom is 0.329 e. The number of aromatic amines is 1. The molecule has 4 aromatic rings. The van der Waals surface area contributed by atoms with Crippen molar-refractivity contribution in [3.63, 3.8) is 0 Å². The van der Waals surface area contributed by atoms with Gasteiger partial charge in [0.05, 0.1) is 6.54 Å². The van der Waals surface area contributed by atoms with Crippen LogP contribution in [-0.4, -0.2) is 36.9 Å². The lowest BCUT2D eigenvalue weighted by Crippen LogP contribution is -2.30. The Morgan fingerprint density at radius 3 is 2.48 bits per heavy atom. The van der Waals surface area contributed by atoms with Crippen molar-refractivity contribution in [1.82, 2.24) is 19.1 Å². The van der Waals surface area contributed by atoms with E-state index in [1.807, 2.05) is 48.5 Å². The summed E-state index contributed by atoms with van der Waals surface area (Å²) in [5.74, 6) is 1.02. The van der Waals surface area contributed by atoms with E-state index in [1.165, 1.54) is 11.6 Å². The molecule has 0 saturated heterocycles. The van der Waals surface area contributed by atoms with Gasteiger partial charge in [0.2, 0.25) is 5.95 Å². The number of aliphatic hydroxyl groups is 1. The third-order valence-electron chi connectivity index (χ3n) is 4.88. The zero-order chi connectivity index (χ0) is 21.8. The Bertz CT molecular complexity index is 1280. The monoisotopic (exact) mass is 421 g/mol. The zero-order valence-corrected chi connectivity index (χ0v) is 17.0. The van der Waals surface area contributed by atoms with E-state index in [0.717, 1.165) is 5.56 Å². The van der Waals surface area contributed by atoms with Gasteiger partial charge in [0, 0.05) is 13.6 Å². The predicted octanol–water partition coefficient (Wildman–Crippen LogP) is 1.48. The number of ether oxygens (including phenoxy) is 1. The first kappa shape index (κ1) is 20.4. The molecule has 3 N–H and O–H groups in total. The summed E-state index contributed by atoms with van der Waals surface area (Å²) in [6.07, 6.45) is -0.911. The Morgan fingerprint density at radius 1 is 1.10 bits per heavy atom. The summed E-state index contributed by atoms with van der Waals surface area (Å²) in [5, 5.41) is 13.8. The number of hydrogen-bond acceptors (Lipinski definition) is 6. The molecule has 0 spiro atoms. The molecule has 160 valence electrons. The van der Waals surface area contributed by atoms with Gasteiger partial charge >= 0.3 is 5.69 Å². The number of hydrogen-bond donors (Lipinski definition) is 3. The van der Waals surface area contributed by atoms with Gasteiger partial charge in [-0.2, -0.15) is 4.98 Å². The van der Waals surface area contributed by atoms with E-state index in [2.05, 4.69) is 15.3 Å². The van der Waals surface area contributed by atoms with Crippen molar-refractivity contribution in [3.8, 4) is 5.75 Å². The molecule has 0 unspecified atom stereocenters. The molecule has 9 nitrogen and oxygen atoms in total. The molecule has 0 aliphatic rings. The molecule has 0 bridgehead atoms. The van der Waals surface area contributed by atoms with Crippen LogP contribution in [0.5, 0.6) is 5.75 Å². The van der Waals surface area contributed by atoms with E-state index in [-0.39, 0.29) is 24.3 Å². The molecule has 0 aliphatic carbocycles. The molecule has 0 aliphatic heterocycles. The number of fused-ring (bicyclic) bond motifs is 1. The molecule has 2 aromatic carbocycles. The molecule has 4 rings (SSSR count). The Kier molecular flexibility index (Phi) is 5.85. The second-order valence-corrected chi connectivity index (χ2v) is 7.15. The summed E-state index contributed by atoms with van der Waals surface area (Å²) in [7, 11) is 1.54. The number of para-hydroxylation sites is 1.